The minimum Gasteiger partial charge on any atom is -0.393 e. The second-order valence-corrected chi connectivity index (χ2v) is 18.3. The molecule has 9 nitrogen and oxygen atoms in total. The lowest BCUT2D eigenvalue weighted by Crippen LogP contribution is -2.64. The maximum atomic E-state index is 12.0. The molecule has 2 spiro atoms. The van der Waals surface area contributed by atoms with Crippen LogP contribution in [0.1, 0.15) is 106 Å². The van der Waals surface area contributed by atoms with Crippen molar-refractivity contribution in [2.45, 2.75) is 166 Å². The third-order valence-corrected chi connectivity index (χ3v) is 15.5. The highest BCUT2D eigenvalue weighted by Crippen LogP contribution is 2.89. The van der Waals surface area contributed by atoms with Gasteiger partial charge in [0, 0.05) is 5.92 Å². The zero-order chi connectivity index (χ0) is 32.0. The Morgan fingerprint density at radius 3 is 2.14 bits per heavy atom. The molecule has 7 aliphatic rings. The van der Waals surface area contributed by atoms with Crippen LogP contribution in [0.4, 0.5) is 0 Å². The predicted octanol–water partition coefficient (Wildman–Crippen LogP) is 2.90. The average molecular weight is 623 g/mol. The van der Waals surface area contributed by atoms with Gasteiger partial charge in [0.25, 0.3) is 0 Å². The smallest absolute Gasteiger partial charge is 0.186 e. The van der Waals surface area contributed by atoms with Gasteiger partial charge in [0.2, 0.25) is 0 Å². The van der Waals surface area contributed by atoms with E-state index in [1.165, 1.54) is 0 Å². The van der Waals surface area contributed by atoms with E-state index in [4.69, 9.17) is 14.2 Å². The molecular weight excluding hydrogens is 564 g/mol. The molecule has 5 saturated carbocycles. The van der Waals surface area contributed by atoms with Gasteiger partial charge in [0.05, 0.1) is 42.2 Å². The van der Waals surface area contributed by atoms with Crippen molar-refractivity contribution in [3.63, 3.8) is 0 Å². The van der Waals surface area contributed by atoms with Crippen molar-refractivity contribution < 1.29 is 44.8 Å². The minimum atomic E-state index is -1.37. The summed E-state index contributed by atoms with van der Waals surface area (Å²) in [6.45, 7) is 14.8. The molecule has 16 unspecified atom stereocenters. The Labute approximate surface area is 262 Å². The van der Waals surface area contributed by atoms with Crippen molar-refractivity contribution in [3.8, 4) is 0 Å². The number of hydrogen-bond donors (Lipinski definition) is 6. The number of aliphatic hydroxyl groups is 6. The van der Waals surface area contributed by atoms with Crippen LogP contribution < -0.4 is 0 Å². The zero-order valence-electron chi connectivity index (χ0n) is 27.8. The Balaban J connectivity index is 1.25. The molecule has 9 heteroatoms. The molecule has 0 bridgehead atoms. The Bertz CT molecular complexity index is 1160. The van der Waals surface area contributed by atoms with Crippen molar-refractivity contribution in [1.82, 2.24) is 0 Å². The molecule has 2 saturated heterocycles. The van der Waals surface area contributed by atoms with Crippen LogP contribution in [-0.4, -0.2) is 97.5 Å². The molecular formula is C35H58O9. The van der Waals surface area contributed by atoms with Crippen LogP contribution in [-0.2, 0) is 14.2 Å². The number of ether oxygens (including phenoxy) is 3. The van der Waals surface area contributed by atoms with Gasteiger partial charge in [-0.05, 0) is 117 Å². The molecule has 5 aliphatic carbocycles. The molecule has 2 heterocycles. The molecule has 0 aromatic heterocycles. The Morgan fingerprint density at radius 2 is 1.48 bits per heavy atom. The SMILES string of the molecule is CC(C)(O)C1CCC(C)(C2C(O)CC3(C)C4CC(OC5OCC(O)C(O)C5O)C5C(C)(C)C(O)CCC56CC46CCC23C)O1. The average Bonchev–Trinajstić information content (AvgIpc) is 3.29. The molecule has 252 valence electrons. The third kappa shape index (κ3) is 3.97. The normalized spacial score (nSPS) is 59.8. The molecule has 0 radical (unpaired) electrons. The number of hydrogen-bond acceptors (Lipinski definition) is 9. The van der Waals surface area contributed by atoms with Crippen molar-refractivity contribution >= 4 is 0 Å². The lowest BCUT2D eigenvalue weighted by atomic mass is 9.41. The van der Waals surface area contributed by atoms with Gasteiger partial charge in [-0.1, -0.05) is 27.7 Å². The van der Waals surface area contributed by atoms with Gasteiger partial charge in [0.15, 0.2) is 6.29 Å². The predicted molar refractivity (Wildman–Crippen MR) is 161 cm³/mol. The fourth-order valence-electron chi connectivity index (χ4n) is 13.3. The highest BCUT2D eigenvalue weighted by molar-refractivity contribution is 5.33. The van der Waals surface area contributed by atoms with Crippen LogP contribution in [0.15, 0.2) is 0 Å². The summed E-state index contributed by atoms with van der Waals surface area (Å²) in [5.41, 5.74) is -2.20. The standard InChI is InChI=1S/C35H58O9/c1-29(2)22(38)8-11-35-17-34(35)13-12-31(5)26(33(7)10-9-23(44-33)30(3,4)41)18(36)15-32(31,6)21(34)14-20(27(29)35)43-28-25(40)24(39)19(37)16-42-28/h18-28,36-41H,8-17H2,1-7H3. The summed E-state index contributed by atoms with van der Waals surface area (Å²) in [5, 5.41) is 65.6. The van der Waals surface area contributed by atoms with Crippen molar-refractivity contribution in [2.75, 3.05) is 6.61 Å². The summed E-state index contributed by atoms with van der Waals surface area (Å²) in [5.74, 6) is 0.237. The van der Waals surface area contributed by atoms with Gasteiger partial charge in [-0.2, -0.15) is 0 Å². The number of rotatable bonds is 4. The zero-order valence-corrected chi connectivity index (χ0v) is 27.8. The van der Waals surface area contributed by atoms with Gasteiger partial charge in [-0.3, -0.25) is 0 Å². The summed E-state index contributed by atoms with van der Waals surface area (Å²) in [7, 11) is 0. The quantitative estimate of drug-likeness (QED) is 0.260. The summed E-state index contributed by atoms with van der Waals surface area (Å²) in [4.78, 5) is 0. The first-order chi connectivity index (χ1) is 20.3. The first-order valence-corrected chi connectivity index (χ1v) is 17.4. The largest absolute Gasteiger partial charge is 0.393 e. The lowest BCUT2D eigenvalue weighted by Gasteiger charge is -2.65. The van der Waals surface area contributed by atoms with Gasteiger partial charge >= 0.3 is 0 Å². The molecule has 0 amide bonds. The van der Waals surface area contributed by atoms with Gasteiger partial charge in [0.1, 0.15) is 18.3 Å². The topological polar surface area (TPSA) is 149 Å². The summed E-state index contributed by atoms with van der Waals surface area (Å²) in [6.07, 6.45) is 1.29. The van der Waals surface area contributed by atoms with E-state index in [0.717, 1.165) is 51.4 Å². The number of fused-ring (bicyclic) bond motifs is 2. The van der Waals surface area contributed by atoms with E-state index < -0.39 is 53.4 Å². The highest BCUT2D eigenvalue weighted by atomic mass is 16.7. The lowest BCUT2D eigenvalue weighted by molar-refractivity contribution is -0.310. The van der Waals surface area contributed by atoms with Crippen LogP contribution in [0.5, 0.6) is 0 Å². The van der Waals surface area contributed by atoms with Crippen LogP contribution in [0.25, 0.3) is 0 Å². The van der Waals surface area contributed by atoms with E-state index in [9.17, 15) is 30.6 Å². The van der Waals surface area contributed by atoms with Gasteiger partial charge in [-0.15, -0.1) is 0 Å². The van der Waals surface area contributed by atoms with E-state index in [0.29, 0.717) is 6.42 Å². The van der Waals surface area contributed by atoms with Crippen LogP contribution in [0.3, 0.4) is 0 Å². The monoisotopic (exact) mass is 622 g/mol. The second-order valence-electron chi connectivity index (χ2n) is 18.3. The van der Waals surface area contributed by atoms with Crippen LogP contribution >= 0.6 is 0 Å². The van der Waals surface area contributed by atoms with Crippen LogP contribution in [0.2, 0.25) is 0 Å². The maximum Gasteiger partial charge on any atom is 0.186 e. The number of aliphatic hydroxyl groups excluding tert-OH is 5. The minimum absolute atomic E-state index is 0.00574. The van der Waals surface area contributed by atoms with E-state index >= 15 is 0 Å². The van der Waals surface area contributed by atoms with Gasteiger partial charge in [-0.25, -0.2) is 0 Å². The Kier molecular flexibility index (Phi) is 7.04. The second kappa shape index (κ2) is 9.63. The molecule has 0 aromatic carbocycles. The molecule has 7 fully saturated rings. The molecule has 0 aromatic rings. The molecule has 44 heavy (non-hydrogen) atoms. The molecule has 2 aliphatic heterocycles. The first-order valence-electron chi connectivity index (χ1n) is 17.4. The molecule has 7 rings (SSSR count). The first kappa shape index (κ1) is 32.2. The maximum absolute atomic E-state index is 12.0. The van der Waals surface area contributed by atoms with Crippen molar-refractivity contribution in [2.24, 2.45) is 44.8 Å². The van der Waals surface area contributed by atoms with E-state index in [1.54, 1.807) is 0 Å². The summed E-state index contributed by atoms with van der Waals surface area (Å²) in [6, 6.07) is 0. The fraction of sp³-hybridized carbons (Fsp3) is 1.00. The third-order valence-electron chi connectivity index (χ3n) is 15.5. The summed E-state index contributed by atoms with van der Waals surface area (Å²) >= 11 is 0. The Hall–Kier alpha value is -0.360. The van der Waals surface area contributed by atoms with Crippen molar-refractivity contribution in [1.29, 1.82) is 0 Å². The van der Waals surface area contributed by atoms with E-state index in [1.807, 2.05) is 13.8 Å². The van der Waals surface area contributed by atoms with Gasteiger partial charge < -0.3 is 44.8 Å². The molecule has 16 atom stereocenters. The summed E-state index contributed by atoms with van der Waals surface area (Å²) < 4.78 is 19.3. The fourth-order valence-corrected chi connectivity index (χ4v) is 13.3. The van der Waals surface area contributed by atoms with E-state index in [-0.39, 0.29) is 58.2 Å². The van der Waals surface area contributed by atoms with Crippen LogP contribution in [0, 0.1) is 44.8 Å². The van der Waals surface area contributed by atoms with Crippen molar-refractivity contribution in [3.05, 3.63) is 0 Å². The Morgan fingerprint density at radius 1 is 0.773 bits per heavy atom. The highest BCUT2D eigenvalue weighted by Gasteiger charge is 2.85. The van der Waals surface area contributed by atoms with E-state index in [2.05, 4.69) is 34.6 Å². The molecule has 6 N–H and O–H groups in total.